The number of amides is 2. The van der Waals surface area contributed by atoms with Crippen LogP contribution in [0.1, 0.15) is 20.3 Å². The molecule has 0 radical (unpaired) electrons. The second kappa shape index (κ2) is 6.05. The van der Waals surface area contributed by atoms with Gasteiger partial charge in [0, 0.05) is 25.9 Å². The molecule has 7 heteroatoms. The molecule has 0 unspecified atom stereocenters. The summed E-state index contributed by atoms with van der Waals surface area (Å²) in [6.07, 6.45) is 1.37. The molecular weight excluding hydrogens is 312 g/mol. The van der Waals surface area contributed by atoms with E-state index in [2.05, 4.69) is 6.58 Å². The van der Waals surface area contributed by atoms with Gasteiger partial charge in [0.1, 0.15) is 12.3 Å². The molecule has 3 rings (SSSR count). The molecule has 0 aromatic carbocycles. The molecule has 2 fully saturated rings. The number of nitrogens with zero attached hydrogens (tertiary/aromatic N) is 2. The first-order valence-electron chi connectivity index (χ1n) is 8.16. The van der Waals surface area contributed by atoms with Crippen LogP contribution in [-0.2, 0) is 19.1 Å². The lowest BCUT2D eigenvalue weighted by molar-refractivity contribution is -0.164. The minimum atomic E-state index is -0.769. The lowest BCUT2D eigenvalue weighted by Crippen LogP contribution is -2.64. The highest BCUT2D eigenvalue weighted by Crippen LogP contribution is 2.50. The number of carbonyl (C=O) groups is 3. The van der Waals surface area contributed by atoms with Gasteiger partial charge in [-0.15, -0.1) is 0 Å². The number of aliphatic hydroxyl groups is 1. The molecule has 3 aliphatic rings. The van der Waals surface area contributed by atoms with Gasteiger partial charge in [-0.1, -0.05) is 12.7 Å². The molecular formula is C17H22N2O5. The minimum Gasteiger partial charge on any atom is -0.457 e. The highest BCUT2D eigenvalue weighted by molar-refractivity contribution is 6.01. The Morgan fingerprint density at radius 3 is 2.79 bits per heavy atom. The van der Waals surface area contributed by atoms with Gasteiger partial charge in [0.05, 0.1) is 18.1 Å². The van der Waals surface area contributed by atoms with Crippen LogP contribution in [0, 0.1) is 11.8 Å². The monoisotopic (exact) mass is 334 g/mol. The van der Waals surface area contributed by atoms with Crippen molar-refractivity contribution in [3.05, 3.63) is 23.9 Å². The van der Waals surface area contributed by atoms with Gasteiger partial charge in [0.2, 0.25) is 11.8 Å². The molecule has 0 spiro atoms. The zero-order chi connectivity index (χ0) is 17.6. The lowest BCUT2D eigenvalue weighted by Gasteiger charge is -2.48. The van der Waals surface area contributed by atoms with Crippen molar-refractivity contribution in [2.45, 2.75) is 32.4 Å². The maximum absolute atomic E-state index is 12.5. The third-order valence-corrected chi connectivity index (χ3v) is 5.16. The average molecular weight is 334 g/mol. The summed E-state index contributed by atoms with van der Waals surface area (Å²) in [5.41, 5.74) is 1.02. The van der Waals surface area contributed by atoms with Crippen LogP contribution in [0.2, 0.25) is 0 Å². The summed E-state index contributed by atoms with van der Waals surface area (Å²) in [6, 6.07) is -0.215. The zero-order valence-electron chi connectivity index (χ0n) is 13.9. The summed E-state index contributed by atoms with van der Waals surface area (Å²) in [5, 5.41) is 9.93. The van der Waals surface area contributed by atoms with E-state index in [4.69, 9.17) is 4.74 Å². The van der Waals surface area contributed by atoms with Gasteiger partial charge in [-0.3, -0.25) is 9.59 Å². The van der Waals surface area contributed by atoms with Crippen LogP contribution in [-0.4, -0.2) is 64.5 Å². The number of likely N-dealkylation sites (tertiary alicyclic amines) is 1. The summed E-state index contributed by atoms with van der Waals surface area (Å²) in [5.74, 6) is -1.40. The topological polar surface area (TPSA) is 87.1 Å². The Labute approximate surface area is 140 Å². The van der Waals surface area contributed by atoms with Crippen LogP contribution in [0.15, 0.2) is 23.9 Å². The Morgan fingerprint density at radius 2 is 2.21 bits per heavy atom. The number of hydrogen-bond acceptors (Lipinski definition) is 5. The Kier molecular flexibility index (Phi) is 4.21. The molecule has 0 aromatic rings. The van der Waals surface area contributed by atoms with E-state index in [1.165, 1.54) is 17.9 Å². The number of carbonyl (C=O) groups excluding carboxylic acids is 3. The maximum atomic E-state index is 12.5. The number of β-lactam (4-membered cyclic amide) rings is 1. The first kappa shape index (κ1) is 16.7. The number of hydrogen-bond donors (Lipinski definition) is 1. The van der Waals surface area contributed by atoms with Gasteiger partial charge in [-0.05, 0) is 18.9 Å². The molecule has 2 amide bonds. The number of esters is 1. The maximum Gasteiger partial charge on any atom is 0.355 e. The van der Waals surface area contributed by atoms with Gasteiger partial charge in [-0.25, -0.2) is 4.79 Å². The predicted molar refractivity (Wildman–Crippen MR) is 84.3 cm³/mol. The van der Waals surface area contributed by atoms with E-state index in [9.17, 15) is 19.5 Å². The van der Waals surface area contributed by atoms with Crippen LogP contribution in [0.25, 0.3) is 0 Å². The van der Waals surface area contributed by atoms with Crippen molar-refractivity contribution in [3.8, 4) is 0 Å². The molecule has 1 N–H and O–H groups in total. The van der Waals surface area contributed by atoms with Crippen LogP contribution >= 0.6 is 0 Å². The van der Waals surface area contributed by atoms with Gasteiger partial charge in [0.25, 0.3) is 0 Å². The van der Waals surface area contributed by atoms with E-state index in [0.29, 0.717) is 19.5 Å². The predicted octanol–water partition coefficient (Wildman–Crippen LogP) is 0.0595. The molecule has 24 heavy (non-hydrogen) atoms. The van der Waals surface area contributed by atoms with Gasteiger partial charge in [-0.2, -0.15) is 0 Å². The number of aliphatic hydroxyl groups excluding tert-OH is 1. The molecule has 0 saturated carbocycles. The quantitative estimate of drug-likeness (QED) is 0.446. The third-order valence-electron chi connectivity index (χ3n) is 5.16. The summed E-state index contributed by atoms with van der Waals surface area (Å²) in [7, 11) is 0. The van der Waals surface area contributed by atoms with E-state index >= 15 is 0 Å². The summed E-state index contributed by atoms with van der Waals surface area (Å²) >= 11 is 0. The van der Waals surface area contributed by atoms with Gasteiger partial charge >= 0.3 is 5.97 Å². The van der Waals surface area contributed by atoms with E-state index in [1.807, 2.05) is 0 Å². The van der Waals surface area contributed by atoms with Gasteiger partial charge in [0.15, 0.2) is 0 Å². The summed E-state index contributed by atoms with van der Waals surface area (Å²) in [4.78, 5) is 39.8. The lowest BCUT2D eigenvalue weighted by atomic mass is 9.74. The third kappa shape index (κ3) is 2.34. The largest absolute Gasteiger partial charge is 0.457 e. The van der Waals surface area contributed by atoms with Crippen LogP contribution in [0.5, 0.6) is 0 Å². The minimum absolute atomic E-state index is 0.0100. The van der Waals surface area contributed by atoms with Crippen molar-refractivity contribution >= 4 is 17.8 Å². The molecule has 130 valence electrons. The van der Waals surface area contributed by atoms with Crippen molar-refractivity contribution in [1.29, 1.82) is 0 Å². The second-order valence-electron chi connectivity index (χ2n) is 6.56. The average Bonchev–Trinajstić information content (AvgIpc) is 2.82. The van der Waals surface area contributed by atoms with E-state index < -0.39 is 18.0 Å². The number of ether oxygens (including phenoxy) is 1. The zero-order valence-corrected chi connectivity index (χ0v) is 13.9. The molecule has 0 bridgehead atoms. The molecule has 2 saturated heterocycles. The second-order valence-corrected chi connectivity index (χ2v) is 6.56. The standard InChI is InChI=1S/C17H22N2O5/c1-4-7-24-17(23)15-12-8-18(10(3)21)6-5-11(12)14-13(9(2)20)16(22)19(14)15/h4,9,11,13-14,20H,1,5-8H2,2-3H3/t9-,11+,13-,14-/m1/s1. The Balaban J connectivity index is 1.95. The summed E-state index contributed by atoms with van der Waals surface area (Å²) < 4.78 is 5.14. The van der Waals surface area contributed by atoms with Crippen LogP contribution < -0.4 is 0 Å². The number of rotatable bonds is 4. The highest BCUT2D eigenvalue weighted by Gasteiger charge is 2.61. The van der Waals surface area contributed by atoms with Crippen molar-refractivity contribution in [2.75, 3.05) is 19.7 Å². The SMILES string of the molecule is C=CCOC(=O)C1=C2CN(C(C)=O)CC[C@@H]2[C@@H]2[C@@H]([C@@H](C)O)C(=O)N12. The van der Waals surface area contributed by atoms with E-state index in [0.717, 1.165) is 5.57 Å². The smallest absolute Gasteiger partial charge is 0.355 e. The van der Waals surface area contributed by atoms with Crippen molar-refractivity contribution < 1.29 is 24.2 Å². The first-order valence-corrected chi connectivity index (χ1v) is 8.16. The number of fused-ring (bicyclic) bond motifs is 3. The van der Waals surface area contributed by atoms with Crippen LogP contribution in [0.3, 0.4) is 0 Å². The van der Waals surface area contributed by atoms with Crippen molar-refractivity contribution in [3.63, 3.8) is 0 Å². The Morgan fingerprint density at radius 1 is 1.50 bits per heavy atom. The molecule has 7 nitrogen and oxygen atoms in total. The Hall–Kier alpha value is -2.15. The molecule has 0 aliphatic carbocycles. The van der Waals surface area contributed by atoms with Gasteiger partial charge < -0.3 is 19.6 Å². The fourth-order valence-electron chi connectivity index (χ4n) is 4.07. The molecule has 0 aromatic heterocycles. The van der Waals surface area contributed by atoms with Crippen molar-refractivity contribution in [2.24, 2.45) is 11.8 Å². The highest BCUT2D eigenvalue weighted by atomic mass is 16.5. The number of piperidine rings is 1. The molecule has 4 atom stereocenters. The summed E-state index contributed by atoms with van der Waals surface area (Å²) in [6.45, 7) is 7.57. The van der Waals surface area contributed by atoms with Crippen LogP contribution in [0.4, 0.5) is 0 Å². The fraction of sp³-hybridized carbons (Fsp3) is 0.588. The normalized spacial score (nSPS) is 29.6. The van der Waals surface area contributed by atoms with Crippen molar-refractivity contribution in [1.82, 2.24) is 9.80 Å². The molecule has 3 heterocycles. The Bertz CT molecular complexity index is 639. The van der Waals surface area contributed by atoms with E-state index in [-0.39, 0.29) is 36.1 Å². The first-order chi connectivity index (χ1) is 11.4. The van der Waals surface area contributed by atoms with E-state index in [1.54, 1.807) is 11.8 Å². The fourth-order valence-corrected chi connectivity index (χ4v) is 4.07. The molecule has 3 aliphatic heterocycles.